The van der Waals surface area contributed by atoms with E-state index < -0.39 is 0 Å². The number of aryl methyl sites for hydroxylation is 1. The number of carbonyl (C=O) groups excluding carboxylic acids is 1. The van der Waals surface area contributed by atoms with Crippen LogP contribution in [0.1, 0.15) is 12.0 Å². The first-order valence-electron chi connectivity index (χ1n) is 10.8. The zero-order valence-corrected chi connectivity index (χ0v) is 18.7. The van der Waals surface area contributed by atoms with Crippen LogP contribution in [0.15, 0.2) is 48.5 Å². The fourth-order valence-electron chi connectivity index (χ4n) is 4.17. The molecule has 1 fully saturated rings. The number of aromatic nitrogens is 5. The van der Waals surface area contributed by atoms with E-state index in [9.17, 15) is 4.79 Å². The number of nitrogens with one attached hydrogen (secondary N) is 2. The Labute approximate surface area is 190 Å². The van der Waals surface area contributed by atoms with Crippen LogP contribution >= 0.6 is 12.2 Å². The lowest BCUT2D eigenvalue weighted by Gasteiger charge is -2.22. The van der Waals surface area contributed by atoms with E-state index >= 15 is 0 Å². The molecule has 32 heavy (non-hydrogen) atoms. The zero-order chi connectivity index (χ0) is 22.1. The summed E-state index contributed by atoms with van der Waals surface area (Å²) in [6, 6.07) is 16.1. The summed E-state index contributed by atoms with van der Waals surface area (Å²) >= 11 is 5.42. The van der Waals surface area contributed by atoms with E-state index in [1.165, 1.54) is 0 Å². The van der Waals surface area contributed by atoms with Crippen molar-refractivity contribution < 1.29 is 4.79 Å². The SMILES string of the molecule is Cc1cccc(-c2n[nH]c(=S)n2CC(=O)N2CCCN(c3nc4ccccc4[nH]3)CC2)c1. The van der Waals surface area contributed by atoms with Crippen molar-refractivity contribution in [3.05, 3.63) is 58.9 Å². The second-order valence-corrected chi connectivity index (χ2v) is 8.49. The number of rotatable bonds is 4. The van der Waals surface area contributed by atoms with E-state index in [2.05, 4.69) is 20.1 Å². The van der Waals surface area contributed by atoms with Crippen molar-refractivity contribution in [3.8, 4) is 11.4 Å². The quantitative estimate of drug-likeness (QED) is 0.468. The highest BCUT2D eigenvalue weighted by atomic mass is 32.1. The smallest absolute Gasteiger partial charge is 0.242 e. The topological polar surface area (TPSA) is 85.8 Å². The molecule has 4 aromatic rings. The van der Waals surface area contributed by atoms with Gasteiger partial charge in [-0.05, 0) is 43.8 Å². The van der Waals surface area contributed by atoms with E-state index in [0.29, 0.717) is 23.7 Å². The summed E-state index contributed by atoms with van der Waals surface area (Å²) in [5.74, 6) is 1.59. The summed E-state index contributed by atoms with van der Waals surface area (Å²) in [4.78, 5) is 25.4. The number of amides is 1. The Morgan fingerprint density at radius 1 is 1.09 bits per heavy atom. The molecular weight excluding hydrogens is 422 g/mol. The maximum absolute atomic E-state index is 13.2. The molecule has 2 N–H and O–H groups in total. The number of fused-ring (bicyclic) bond motifs is 1. The molecule has 1 aliphatic rings. The van der Waals surface area contributed by atoms with E-state index in [4.69, 9.17) is 17.2 Å². The first kappa shape index (κ1) is 20.4. The zero-order valence-electron chi connectivity index (χ0n) is 17.9. The summed E-state index contributed by atoms with van der Waals surface area (Å²) in [5, 5.41) is 7.21. The molecule has 0 aliphatic carbocycles. The van der Waals surface area contributed by atoms with Gasteiger partial charge < -0.3 is 14.8 Å². The van der Waals surface area contributed by atoms with Crippen LogP contribution in [0, 0.1) is 11.7 Å². The number of aromatic amines is 2. The number of imidazole rings is 1. The van der Waals surface area contributed by atoms with E-state index in [-0.39, 0.29) is 12.5 Å². The van der Waals surface area contributed by atoms with Gasteiger partial charge in [-0.3, -0.25) is 14.5 Å². The van der Waals surface area contributed by atoms with Gasteiger partial charge in [0.1, 0.15) is 6.54 Å². The molecule has 1 amide bonds. The van der Waals surface area contributed by atoms with Gasteiger partial charge in [0.15, 0.2) is 10.6 Å². The number of hydrogen-bond donors (Lipinski definition) is 2. The van der Waals surface area contributed by atoms with Crippen molar-refractivity contribution in [1.82, 2.24) is 29.6 Å². The Morgan fingerprint density at radius 2 is 1.97 bits per heavy atom. The van der Waals surface area contributed by atoms with Crippen LogP contribution in [0.2, 0.25) is 0 Å². The molecule has 2 aromatic carbocycles. The largest absolute Gasteiger partial charge is 0.341 e. The summed E-state index contributed by atoms with van der Waals surface area (Å²) in [5.41, 5.74) is 4.06. The van der Waals surface area contributed by atoms with Crippen LogP contribution < -0.4 is 4.90 Å². The predicted molar refractivity (Wildman–Crippen MR) is 127 cm³/mol. The standard InChI is InChI=1S/C23H25N7OS/c1-16-6-4-7-17(14-16)21-26-27-23(32)30(21)15-20(31)28-10-5-11-29(13-12-28)22-24-18-8-2-3-9-19(18)25-22/h2-4,6-9,14H,5,10-13,15H2,1H3,(H,24,25)(H,27,32). The van der Waals surface area contributed by atoms with Crippen LogP contribution in [0.25, 0.3) is 22.4 Å². The van der Waals surface area contributed by atoms with E-state index in [1.54, 1.807) is 4.57 Å². The third-order valence-corrected chi connectivity index (χ3v) is 6.16. The van der Waals surface area contributed by atoms with Crippen molar-refractivity contribution in [1.29, 1.82) is 0 Å². The molecular formula is C23H25N7OS. The first-order valence-corrected chi connectivity index (χ1v) is 11.2. The minimum atomic E-state index is 0.0443. The normalized spacial score (nSPS) is 14.7. The van der Waals surface area contributed by atoms with Crippen LogP contribution in [0.4, 0.5) is 5.95 Å². The van der Waals surface area contributed by atoms with Crippen LogP contribution in [0.3, 0.4) is 0 Å². The van der Waals surface area contributed by atoms with E-state index in [1.807, 2.05) is 60.4 Å². The Balaban J connectivity index is 1.30. The molecule has 3 heterocycles. The molecule has 0 radical (unpaired) electrons. The summed E-state index contributed by atoms with van der Waals surface area (Å²) < 4.78 is 2.24. The molecule has 1 saturated heterocycles. The molecule has 0 spiro atoms. The monoisotopic (exact) mass is 447 g/mol. The average molecular weight is 448 g/mol. The second kappa shape index (κ2) is 8.58. The van der Waals surface area contributed by atoms with Crippen molar-refractivity contribution in [2.75, 3.05) is 31.1 Å². The molecule has 9 heteroatoms. The molecule has 0 atom stereocenters. The lowest BCUT2D eigenvalue weighted by Crippen LogP contribution is -2.37. The number of carbonyl (C=O) groups is 1. The Bertz CT molecular complexity index is 1290. The Hall–Kier alpha value is -3.46. The second-order valence-electron chi connectivity index (χ2n) is 8.11. The average Bonchev–Trinajstić information content (AvgIpc) is 3.28. The van der Waals surface area contributed by atoms with Crippen LogP contribution in [-0.4, -0.2) is 61.7 Å². The molecule has 0 saturated carbocycles. The summed E-state index contributed by atoms with van der Waals surface area (Å²) in [6.07, 6.45) is 0.879. The Kier molecular flexibility index (Phi) is 5.48. The third kappa shape index (κ3) is 4.03. The number of anilines is 1. The molecule has 2 aromatic heterocycles. The van der Waals surface area contributed by atoms with Crippen molar-refractivity contribution in [3.63, 3.8) is 0 Å². The van der Waals surface area contributed by atoms with E-state index in [0.717, 1.165) is 47.6 Å². The first-order chi connectivity index (χ1) is 15.6. The van der Waals surface area contributed by atoms with Gasteiger partial charge in [-0.1, -0.05) is 35.9 Å². The number of para-hydroxylation sites is 2. The third-order valence-electron chi connectivity index (χ3n) is 5.85. The van der Waals surface area contributed by atoms with Gasteiger partial charge in [0.25, 0.3) is 0 Å². The highest BCUT2D eigenvalue weighted by molar-refractivity contribution is 7.71. The lowest BCUT2D eigenvalue weighted by atomic mass is 10.1. The molecule has 0 unspecified atom stereocenters. The summed E-state index contributed by atoms with van der Waals surface area (Å²) in [6.45, 7) is 5.13. The van der Waals surface area contributed by atoms with Gasteiger partial charge in [0, 0.05) is 31.7 Å². The van der Waals surface area contributed by atoms with Gasteiger partial charge in [-0.25, -0.2) is 4.98 Å². The minimum absolute atomic E-state index is 0.0443. The fourth-order valence-corrected chi connectivity index (χ4v) is 4.37. The lowest BCUT2D eigenvalue weighted by molar-refractivity contribution is -0.131. The van der Waals surface area contributed by atoms with Gasteiger partial charge in [0.2, 0.25) is 11.9 Å². The number of nitrogens with zero attached hydrogens (tertiary/aromatic N) is 5. The van der Waals surface area contributed by atoms with Gasteiger partial charge >= 0.3 is 0 Å². The maximum Gasteiger partial charge on any atom is 0.242 e. The summed E-state index contributed by atoms with van der Waals surface area (Å²) in [7, 11) is 0. The number of H-pyrrole nitrogens is 2. The molecule has 5 rings (SSSR count). The van der Waals surface area contributed by atoms with Gasteiger partial charge in [0.05, 0.1) is 11.0 Å². The van der Waals surface area contributed by atoms with Gasteiger partial charge in [-0.15, -0.1) is 0 Å². The van der Waals surface area contributed by atoms with Crippen LogP contribution in [-0.2, 0) is 11.3 Å². The fraction of sp³-hybridized carbons (Fsp3) is 0.304. The Morgan fingerprint density at radius 3 is 2.81 bits per heavy atom. The maximum atomic E-state index is 13.2. The minimum Gasteiger partial charge on any atom is -0.341 e. The number of benzene rings is 2. The predicted octanol–water partition coefficient (Wildman–Crippen LogP) is 3.53. The molecule has 1 aliphatic heterocycles. The van der Waals surface area contributed by atoms with Crippen molar-refractivity contribution in [2.45, 2.75) is 19.9 Å². The van der Waals surface area contributed by atoms with Gasteiger partial charge in [-0.2, -0.15) is 5.10 Å². The molecule has 0 bridgehead atoms. The van der Waals surface area contributed by atoms with Crippen molar-refractivity contribution >= 4 is 35.1 Å². The molecule has 8 nitrogen and oxygen atoms in total. The van der Waals surface area contributed by atoms with Crippen LogP contribution in [0.5, 0.6) is 0 Å². The van der Waals surface area contributed by atoms with Crippen molar-refractivity contribution in [2.24, 2.45) is 0 Å². The highest BCUT2D eigenvalue weighted by Gasteiger charge is 2.22. The highest BCUT2D eigenvalue weighted by Crippen LogP contribution is 2.20. The number of hydrogen-bond acceptors (Lipinski definition) is 5. The molecule has 164 valence electrons.